The Balaban J connectivity index is 2.37. The molecule has 0 saturated carbocycles. The van der Waals surface area contributed by atoms with Gasteiger partial charge in [0.2, 0.25) is 0 Å². The Bertz CT molecular complexity index is 411. The van der Waals surface area contributed by atoms with Crippen LogP contribution in [0.25, 0.3) is 0 Å². The molecular formula is C15H21NO. The highest BCUT2D eigenvalue weighted by Crippen LogP contribution is 2.30. The second-order valence-electron chi connectivity index (χ2n) is 5.79. The maximum Gasteiger partial charge on any atom is 0.170 e. The molecule has 92 valence electrons. The van der Waals surface area contributed by atoms with E-state index in [0.717, 1.165) is 24.3 Å². The van der Waals surface area contributed by atoms with E-state index >= 15 is 0 Å². The van der Waals surface area contributed by atoms with Gasteiger partial charge in [0.05, 0.1) is 0 Å². The molecule has 1 aliphatic heterocycles. The van der Waals surface area contributed by atoms with Crippen molar-refractivity contribution in [3.63, 3.8) is 0 Å². The average molecular weight is 231 g/mol. The molecule has 1 fully saturated rings. The third-order valence-corrected chi connectivity index (χ3v) is 3.28. The molecular weight excluding hydrogens is 210 g/mol. The highest BCUT2D eigenvalue weighted by molar-refractivity contribution is 6.04. The molecule has 1 aromatic carbocycles. The average Bonchev–Trinajstić information content (AvgIpc) is 2.80. The first-order chi connectivity index (χ1) is 8.00. The van der Waals surface area contributed by atoms with Crippen LogP contribution >= 0.6 is 0 Å². The lowest BCUT2D eigenvalue weighted by molar-refractivity contribution is 0.0859. The van der Waals surface area contributed by atoms with Crippen molar-refractivity contribution in [3.05, 3.63) is 29.8 Å². The minimum absolute atomic E-state index is 0.236. The molecule has 0 aromatic heterocycles. The minimum atomic E-state index is -0.310. The van der Waals surface area contributed by atoms with Gasteiger partial charge in [-0.3, -0.25) is 4.79 Å². The first kappa shape index (κ1) is 12.2. The monoisotopic (exact) mass is 231 g/mol. The van der Waals surface area contributed by atoms with Crippen LogP contribution in [-0.2, 0) is 0 Å². The van der Waals surface area contributed by atoms with Gasteiger partial charge in [0, 0.05) is 29.8 Å². The number of nitrogens with zero attached hydrogens (tertiary/aromatic N) is 1. The zero-order chi connectivity index (χ0) is 12.5. The third kappa shape index (κ3) is 2.51. The molecule has 0 radical (unpaired) electrons. The number of hydrogen-bond donors (Lipinski definition) is 0. The van der Waals surface area contributed by atoms with Crippen molar-refractivity contribution in [1.82, 2.24) is 0 Å². The third-order valence-electron chi connectivity index (χ3n) is 3.28. The molecule has 17 heavy (non-hydrogen) atoms. The fourth-order valence-electron chi connectivity index (χ4n) is 2.30. The van der Waals surface area contributed by atoms with Gasteiger partial charge in [0.1, 0.15) is 0 Å². The summed E-state index contributed by atoms with van der Waals surface area (Å²) in [7, 11) is 0. The topological polar surface area (TPSA) is 20.3 Å². The molecule has 0 N–H and O–H groups in total. The summed E-state index contributed by atoms with van der Waals surface area (Å²) in [6, 6.07) is 8.01. The van der Waals surface area contributed by atoms with Gasteiger partial charge >= 0.3 is 0 Å². The molecule has 2 nitrogen and oxygen atoms in total. The van der Waals surface area contributed by atoms with Gasteiger partial charge in [-0.1, -0.05) is 32.9 Å². The highest BCUT2D eigenvalue weighted by atomic mass is 16.1. The Kier molecular flexibility index (Phi) is 3.23. The fraction of sp³-hybridized carbons (Fsp3) is 0.533. The van der Waals surface area contributed by atoms with Crippen molar-refractivity contribution in [1.29, 1.82) is 0 Å². The van der Waals surface area contributed by atoms with E-state index < -0.39 is 0 Å². The number of ketones is 1. The largest absolute Gasteiger partial charge is 0.371 e. The van der Waals surface area contributed by atoms with E-state index in [1.165, 1.54) is 12.8 Å². The SMILES string of the molecule is CC(C)(C)C(=O)c1ccccc1N1CCCC1. The maximum atomic E-state index is 12.4. The number of Topliss-reactive ketones (excluding diaryl/α,β-unsaturated/α-hetero) is 1. The van der Waals surface area contributed by atoms with Crippen LogP contribution in [0.4, 0.5) is 5.69 Å². The van der Waals surface area contributed by atoms with Crippen LogP contribution in [0.5, 0.6) is 0 Å². The predicted molar refractivity (Wildman–Crippen MR) is 71.7 cm³/mol. The summed E-state index contributed by atoms with van der Waals surface area (Å²) in [4.78, 5) is 14.7. The molecule has 1 saturated heterocycles. The van der Waals surface area contributed by atoms with E-state index in [0.29, 0.717) is 0 Å². The molecule has 0 atom stereocenters. The Morgan fingerprint density at radius 3 is 2.29 bits per heavy atom. The molecule has 2 rings (SSSR count). The quantitative estimate of drug-likeness (QED) is 0.726. The van der Waals surface area contributed by atoms with E-state index in [1.807, 2.05) is 39.0 Å². The summed E-state index contributed by atoms with van der Waals surface area (Å²) < 4.78 is 0. The van der Waals surface area contributed by atoms with Gasteiger partial charge in [-0.15, -0.1) is 0 Å². The van der Waals surface area contributed by atoms with Crippen LogP contribution in [0, 0.1) is 5.41 Å². The summed E-state index contributed by atoms with van der Waals surface area (Å²) in [5.74, 6) is 0.236. The molecule has 0 aliphatic carbocycles. The number of anilines is 1. The van der Waals surface area contributed by atoms with E-state index in [-0.39, 0.29) is 11.2 Å². The van der Waals surface area contributed by atoms with Crippen molar-refractivity contribution < 1.29 is 4.79 Å². The number of rotatable bonds is 2. The highest BCUT2D eigenvalue weighted by Gasteiger charge is 2.27. The van der Waals surface area contributed by atoms with Gasteiger partial charge in [0.25, 0.3) is 0 Å². The van der Waals surface area contributed by atoms with Crippen LogP contribution in [0.15, 0.2) is 24.3 Å². The van der Waals surface area contributed by atoms with Crippen LogP contribution in [0.1, 0.15) is 44.0 Å². The molecule has 0 unspecified atom stereocenters. The van der Waals surface area contributed by atoms with Gasteiger partial charge in [0.15, 0.2) is 5.78 Å². The summed E-state index contributed by atoms with van der Waals surface area (Å²) in [6.45, 7) is 8.10. The van der Waals surface area contributed by atoms with E-state index in [4.69, 9.17) is 0 Å². The Morgan fingerprint density at radius 1 is 1.12 bits per heavy atom. The lowest BCUT2D eigenvalue weighted by Gasteiger charge is -2.24. The van der Waals surface area contributed by atoms with E-state index in [9.17, 15) is 4.79 Å². The Morgan fingerprint density at radius 2 is 1.71 bits per heavy atom. The predicted octanol–water partition coefficient (Wildman–Crippen LogP) is 3.52. The zero-order valence-electron chi connectivity index (χ0n) is 11.0. The molecule has 0 spiro atoms. The Labute approximate surface area is 104 Å². The molecule has 0 amide bonds. The molecule has 0 bridgehead atoms. The molecule has 1 aliphatic rings. The maximum absolute atomic E-state index is 12.4. The molecule has 2 heteroatoms. The van der Waals surface area contributed by atoms with Crippen molar-refractivity contribution >= 4 is 11.5 Å². The number of carbonyl (C=O) groups is 1. The van der Waals surface area contributed by atoms with Crippen LogP contribution in [0.3, 0.4) is 0 Å². The number of benzene rings is 1. The summed E-state index contributed by atoms with van der Waals surface area (Å²) in [5, 5.41) is 0. The van der Waals surface area contributed by atoms with E-state index in [2.05, 4.69) is 11.0 Å². The van der Waals surface area contributed by atoms with Crippen molar-refractivity contribution in [2.24, 2.45) is 5.41 Å². The fourth-order valence-corrected chi connectivity index (χ4v) is 2.30. The second-order valence-corrected chi connectivity index (χ2v) is 5.79. The standard InChI is InChI=1S/C15H21NO/c1-15(2,3)14(17)12-8-4-5-9-13(12)16-10-6-7-11-16/h4-5,8-9H,6-7,10-11H2,1-3H3. The van der Waals surface area contributed by atoms with Gasteiger partial charge in [-0.05, 0) is 25.0 Å². The van der Waals surface area contributed by atoms with Gasteiger partial charge in [-0.2, -0.15) is 0 Å². The lowest BCUT2D eigenvalue weighted by atomic mass is 9.86. The summed E-state index contributed by atoms with van der Waals surface area (Å²) in [6.07, 6.45) is 2.47. The number of carbonyl (C=O) groups excluding carboxylic acids is 1. The Hall–Kier alpha value is -1.31. The second kappa shape index (κ2) is 4.52. The van der Waals surface area contributed by atoms with Crippen LogP contribution < -0.4 is 4.90 Å². The zero-order valence-corrected chi connectivity index (χ0v) is 11.0. The minimum Gasteiger partial charge on any atom is -0.371 e. The van der Waals surface area contributed by atoms with Crippen molar-refractivity contribution in [2.75, 3.05) is 18.0 Å². The molecule has 1 heterocycles. The van der Waals surface area contributed by atoms with Gasteiger partial charge < -0.3 is 4.90 Å². The first-order valence-corrected chi connectivity index (χ1v) is 6.39. The smallest absolute Gasteiger partial charge is 0.170 e. The van der Waals surface area contributed by atoms with Crippen molar-refractivity contribution in [2.45, 2.75) is 33.6 Å². The lowest BCUT2D eigenvalue weighted by Crippen LogP contribution is -2.25. The first-order valence-electron chi connectivity index (χ1n) is 6.39. The number of hydrogen-bond acceptors (Lipinski definition) is 2. The number of para-hydroxylation sites is 1. The van der Waals surface area contributed by atoms with Crippen LogP contribution in [0.2, 0.25) is 0 Å². The normalized spacial score (nSPS) is 16.3. The summed E-state index contributed by atoms with van der Waals surface area (Å²) in [5.41, 5.74) is 1.68. The van der Waals surface area contributed by atoms with Crippen molar-refractivity contribution in [3.8, 4) is 0 Å². The van der Waals surface area contributed by atoms with E-state index in [1.54, 1.807) is 0 Å². The summed E-state index contributed by atoms with van der Waals surface area (Å²) >= 11 is 0. The van der Waals surface area contributed by atoms with Crippen LogP contribution in [-0.4, -0.2) is 18.9 Å². The van der Waals surface area contributed by atoms with Gasteiger partial charge in [-0.25, -0.2) is 0 Å². The molecule has 1 aromatic rings.